The van der Waals surface area contributed by atoms with Crippen LogP contribution in [-0.2, 0) is 14.8 Å². The van der Waals surface area contributed by atoms with Gasteiger partial charge in [-0.3, -0.25) is 4.79 Å². The number of nitrogens with one attached hydrogen (secondary N) is 1. The van der Waals surface area contributed by atoms with E-state index >= 15 is 0 Å². The fourth-order valence-electron chi connectivity index (χ4n) is 1.84. The zero-order valence-electron chi connectivity index (χ0n) is 13.7. The maximum Gasteiger partial charge on any atom is 0.249 e. The average Bonchev–Trinajstić information content (AvgIpc) is 2.55. The molecule has 0 saturated heterocycles. The Morgan fingerprint density at radius 3 is 2.33 bits per heavy atom. The minimum Gasteiger partial charge on any atom is -0.307 e. The van der Waals surface area contributed by atoms with Crippen molar-refractivity contribution in [3.05, 3.63) is 59.8 Å². The number of carbonyl (C=O) groups excluding carboxylic acids is 1. The van der Waals surface area contributed by atoms with E-state index in [2.05, 4.69) is 10.3 Å². The molecule has 126 valence electrons. The Kier molecular flexibility index (Phi) is 5.48. The van der Waals surface area contributed by atoms with Gasteiger partial charge in [-0.1, -0.05) is 18.2 Å². The summed E-state index contributed by atoms with van der Waals surface area (Å²) >= 11 is 0. The molecule has 6 nitrogen and oxygen atoms in total. The van der Waals surface area contributed by atoms with Crippen molar-refractivity contribution in [3.8, 4) is 0 Å². The first-order valence-corrected chi connectivity index (χ1v) is 8.67. The largest absolute Gasteiger partial charge is 0.307 e. The van der Waals surface area contributed by atoms with Gasteiger partial charge in [-0.05, 0) is 42.3 Å². The highest BCUT2D eigenvalue weighted by atomic mass is 32.2. The summed E-state index contributed by atoms with van der Waals surface area (Å²) in [5, 5.41) is 2.65. The number of rotatable bonds is 5. The quantitative estimate of drug-likeness (QED) is 0.843. The number of pyridine rings is 1. The van der Waals surface area contributed by atoms with Crippen LogP contribution in [0, 0.1) is 6.92 Å². The summed E-state index contributed by atoms with van der Waals surface area (Å²) in [6.07, 6.45) is 4.65. The van der Waals surface area contributed by atoms with Gasteiger partial charge in [-0.25, -0.2) is 17.7 Å². The van der Waals surface area contributed by atoms with Gasteiger partial charge in [-0.2, -0.15) is 0 Å². The van der Waals surface area contributed by atoms with E-state index in [1.165, 1.54) is 32.3 Å². The number of sulfonamides is 1. The number of hydrogen-bond acceptors (Lipinski definition) is 4. The van der Waals surface area contributed by atoms with Crippen molar-refractivity contribution in [1.29, 1.82) is 0 Å². The lowest BCUT2D eigenvalue weighted by molar-refractivity contribution is -0.111. The van der Waals surface area contributed by atoms with E-state index in [1.54, 1.807) is 30.5 Å². The van der Waals surface area contributed by atoms with Gasteiger partial charge in [0.25, 0.3) is 0 Å². The molecule has 1 heterocycles. The van der Waals surface area contributed by atoms with Crippen LogP contribution in [0.25, 0.3) is 6.08 Å². The van der Waals surface area contributed by atoms with E-state index in [1.807, 2.05) is 13.0 Å². The first-order chi connectivity index (χ1) is 11.3. The summed E-state index contributed by atoms with van der Waals surface area (Å²) in [6.45, 7) is 1.92. The van der Waals surface area contributed by atoms with E-state index in [0.717, 1.165) is 15.4 Å². The molecule has 7 heteroatoms. The number of hydrogen-bond donors (Lipinski definition) is 1. The molecule has 1 N–H and O–H groups in total. The lowest BCUT2D eigenvalue weighted by Gasteiger charge is -2.11. The Bertz CT molecular complexity index is 840. The third-order valence-corrected chi connectivity index (χ3v) is 5.08. The monoisotopic (exact) mass is 345 g/mol. The fraction of sp³-hybridized carbons (Fsp3) is 0.176. The Morgan fingerprint density at radius 1 is 1.12 bits per heavy atom. The molecule has 1 aromatic heterocycles. The van der Waals surface area contributed by atoms with Crippen molar-refractivity contribution in [2.45, 2.75) is 11.8 Å². The first kappa shape index (κ1) is 17.8. The molecular weight excluding hydrogens is 326 g/mol. The normalized spacial score (nSPS) is 11.8. The van der Waals surface area contributed by atoms with Gasteiger partial charge in [0, 0.05) is 26.4 Å². The standard InChI is InChI=1S/C17H19N3O3S/c1-13-4-10-16(18-12-13)19-17(21)11-7-14-5-8-15(9-6-14)24(22,23)20(2)3/h4-12H,1-3H3,(H,18,19,21)/b11-7-. The van der Waals surface area contributed by atoms with Crippen LogP contribution in [0.1, 0.15) is 11.1 Å². The van der Waals surface area contributed by atoms with E-state index in [9.17, 15) is 13.2 Å². The third kappa shape index (κ3) is 4.50. The maximum atomic E-state index is 12.0. The molecule has 0 fully saturated rings. The number of amides is 1. The van der Waals surface area contributed by atoms with Crippen LogP contribution in [0.2, 0.25) is 0 Å². The van der Waals surface area contributed by atoms with Gasteiger partial charge < -0.3 is 5.32 Å². The molecule has 2 rings (SSSR count). The van der Waals surface area contributed by atoms with Crippen LogP contribution in [0.15, 0.2) is 53.6 Å². The highest BCUT2D eigenvalue weighted by molar-refractivity contribution is 7.89. The van der Waals surface area contributed by atoms with Crippen LogP contribution in [-0.4, -0.2) is 37.7 Å². The molecule has 1 amide bonds. The summed E-state index contributed by atoms with van der Waals surface area (Å²) in [4.78, 5) is 16.1. The molecule has 0 saturated carbocycles. The minimum atomic E-state index is -3.45. The molecule has 0 aliphatic carbocycles. The van der Waals surface area contributed by atoms with Gasteiger partial charge >= 0.3 is 0 Å². The lowest BCUT2D eigenvalue weighted by Crippen LogP contribution is -2.22. The van der Waals surface area contributed by atoms with Crippen molar-refractivity contribution in [1.82, 2.24) is 9.29 Å². The molecule has 1 aromatic carbocycles. The van der Waals surface area contributed by atoms with E-state index in [-0.39, 0.29) is 10.8 Å². The van der Waals surface area contributed by atoms with Gasteiger partial charge in [0.15, 0.2) is 0 Å². The summed E-state index contributed by atoms with van der Waals surface area (Å²) in [5.74, 6) is 0.166. The van der Waals surface area contributed by atoms with Crippen molar-refractivity contribution in [2.75, 3.05) is 19.4 Å². The number of aryl methyl sites for hydroxylation is 1. The molecule has 0 unspecified atom stereocenters. The zero-order valence-corrected chi connectivity index (χ0v) is 14.5. The summed E-state index contributed by atoms with van der Waals surface area (Å²) in [5.41, 5.74) is 1.73. The summed E-state index contributed by atoms with van der Waals surface area (Å²) in [6, 6.07) is 9.88. The topological polar surface area (TPSA) is 79.4 Å². The van der Waals surface area contributed by atoms with Gasteiger partial charge in [0.05, 0.1) is 4.90 Å². The van der Waals surface area contributed by atoms with Crippen LogP contribution in [0.4, 0.5) is 5.82 Å². The van der Waals surface area contributed by atoms with E-state index in [0.29, 0.717) is 5.82 Å². The predicted octanol–water partition coefficient (Wildman–Crippen LogP) is 2.29. The molecule has 24 heavy (non-hydrogen) atoms. The molecule has 0 bridgehead atoms. The number of nitrogens with zero attached hydrogens (tertiary/aromatic N) is 2. The van der Waals surface area contributed by atoms with Crippen LogP contribution >= 0.6 is 0 Å². The Morgan fingerprint density at radius 2 is 1.79 bits per heavy atom. The van der Waals surface area contributed by atoms with Crippen molar-refractivity contribution in [3.63, 3.8) is 0 Å². The lowest BCUT2D eigenvalue weighted by atomic mass is 10.2. The average molecular weight is 345 g/mol. The van der Waals surface area contributed by atoms with Crippen LogP contribution in [0.3, 0.4) is 0 Å². The minimum absolute atomic E-state index is 0.206. The second-order valence-corrected chi connectivity index (χ2v) is 7.55. The second kappa shape index (κ2) is 7.37. The SMILES string of the molecule is Cc1ccc(NC(=O)/C=C\c2ccc(S(=O)(=O)N(C)C)cc2)nc1. The molecule has 2 aromatic rings. The van der Waals surface area contributed by atoms with Gasteiger partial charge in [0.2, 0.25) is 15.9 Å². The fourth-order valence-corrected chi connectivity index (χ4v) is 2.74. The van der Waals surface area contributed by atoms with Gasteiger partial charge in [-0.15, -0.1) is 0 Å². The summed E-state index contributed by atoms with van der Waals surface area (Å²) in [7, 11) is -0.490. The van der Waals surface area contributed by atoms with Crippen molar-refractivity contribution >= 4 is 27.8 Å². The molecule has 0 aliphatic heterocycles. The molecule has 0 radical (unpaired) electrons. The smallest absolute Gasteiger partial charge is 0.249 e. The maximum absolute atomic E-state index is 12.0. The third-order valence-electron chi connectivity index (χ3n) is 3.25. The molecule has 0 spiro atoms. The zero-order chi connectivity index (χ0) is 17.7. The first-order valence-electron chi connectivity index (χ1n) is 7.23. The molecule has 0 aliphatic rings. The highest BCUT2D eigenvalue weighted by Gasteiger charge is 2.16. The second-order valence-electron chi connectivity index (χ2n) is 5.40. The Balaban J connectivity index is 2.04. The Hall–Kier alpha value is -2.51. The predicted molar refractivity (Wildman–Crippen MR) is 94.0 cm³/mol. The number of benzene rings is 1. The number of aromatic nitrogens is 1. The van der Waals surface area contributed by atoms with Crippen molar-refractivity contribution < 1.29 is 13.2 Å². The number of carbonyl (C=O) groups is 1. The van der Waals surface area contributed by atoms with Crippen molar-refractivity contribution in [2.24, 2.45) is 0 Å². The van der Waals surface area contributed by atoms with Gasteiger partial charge in [0.1, 0.15) is 5.82 Å². The number of anilines is 1. The van der Waals surface area contributed by atoms with Crippen LogP contribution < -0.4 is 5.32 Å². The molecular formula is C17H19N3O3S. The van der Waals surface area contributed by atoms with E-state index < -0.39 is 10.0 Å². The molecule has 0 atom stereocenters. The van der Waals surface area contributed by atoms with E-state index in [4.69, 9.17) is 0 Å². The van der Waals surface area contributed by atoms with Crippen LogP contribution in [0.5, 0.6) is 0 Å². The Labute approximate surface area is 141 Å². The highest BCUT2D eigenvalue weighted by Crippen LogP contribution is 2.14. The summed E-state index contributed by atoms with van der Waals surface area (Å²) < 4.78 is 25.1.